The first-order valence-electron chi connectivity index (χ1n) is 6.23. The molecule has 0 saturated carbocycles. The van der Waals surface area contributed by atoms with E-state index in [9.17, 15) is 8.42 Å². The van der Waals surface area contributed by atoms with Crippen molar-refractivity contribution in [3.63, 3.8) is 0 Å². The van der Waals surface area contributed by atoms with Crippen molar-refractivity contribution in [1.29, 1.82) is 0 Å². The highest BCUT2D eigenvalue weighted by molar-refractivity contribution is 7.91. The molecular weight excluding hydrogens is 292 g/mol. The average molecular weight is 310 g/mol. The van der Waals surface area contributed by atoms with Crippen LogP contribution in [-0.2, 0) is 23.1 Å². The molecule has 4 nitrogen and oxygen atoms in total. The molecule has 108 valence electrons. The molecule has 0 spiro atoms. The van der Waals surface area contributed by atoms with Crippen LogP contribution in [0.3, 0.4) is 0 Å². The Hall–Kier alpha value is -1.21. The predicted molar refractivity (Wildman–Crippen MR) is 82.0 cm³/mol. The fourth-order valence-corrected chi connectivity index (χ4v) is 4.37. The van der Waals surface area contributed by atoms with Gasteiger partial charge in [0.15, 0.2) is 0 Å². The largest absolute Gasteiger partial charge is 0.326 e. The lowest BCUT2D eigenvalue weighted by molar-refractivity contribution is 0.468. The lowest BCUT2D eigenvalue weighted by atomic mass is 10.1. The zero-order valence-electron chi connectivity index (χ0n) is 11.5. The summed E-state index contributed by atoms with van der Waals surface area (Å²) in [6.45, 7) is 2.72. The van der Waals surface area contributed by atoms with Crippen LogP contribution in [-0.4, -0.2) is 19.8 Å². The summed E-state index contributed by atoms with van der Waals surface area (Å²) in [6.07, 6.45) is 0. The predicted octanol–water partition coefficient (Wildman–Crippen LogP) is 2.34. The molecule has 0 aliphatic rings. The van der Waals surface area contributed by atoms with Crippen molar-refractivity contribution in [1.82, 2.24) is 4.31 Å². The Kier molecular flexibility index (Phi) is 4.59. The highest BCUT2D eigenvalue weighted by Gasteiger charge is 2.22. The first-order valence-corrected chi connectivity index (χ1v) is 8.55. The van der Waals surface area contributed by atoms with Gasteiger partial charge in [0.2, 0.25) is 0 Å². The molecule has 0 fully saturated rings. The number of hydrogen-bond acceptors (Lipinski definition) is 4. The molecule has 0 aliphatic carbocycles. The zero-order valence-corrected chi connectivity index (χ0v) is 13.2. The maximum absolute atomic E-state index is 12.4. The van der Waals surface area contributed by atoms with Gasteiger partial charge in [-0.1, -0.05) is 29.8 Å². The van der Waals surface area contributed by atoms with Gasteiger partial charge >= 0.3 is 0 Å². The second-order valence-electron chi connectivity index (χ2n) is 4.72. The molecule has 1 heterocycles. The number of nitrogens with zero attached hydrogens (tertiary/aromatic N) is 1. The molecule has 20 heavy (non-hydrogen) atoms. The molecule has 6 heteroatoms. The monoisotopic (exact) mass is 310 g/mol. The summed E-state index contributed by atoms with van der Waals surface area (Å²) in [5.74, 6) is 0. The van der Waals surface area contributed by atoms with Gasteiger partial charge in [-0.2, -0.15) is 4.31 Å². The minimum atomic E-state index is -3.44. The summed E-state index contributed by atoms with van der Waals surface area (Å²) in [6, 6.07) is 9.49. The van der Waals surface area contributed by atoms with E-state index in [1.165, 1.54) is 15.6 Å². The van der Waals surface area contributed by atoms with Crippen molar-refractivity contribution >= 4 is 21.4 Å². The molecule has 0 amide bonds. The summed E-state index contributed by atoms with van der Waals surface area (Å²) >= 11 is 1.21. The van der Waals surface area contributed by atoms with Crippen molar-refractivity contribution in [3.05, 3.63) is 52.4 Å². The average Bonchev–Trinajstić information content (AvgIpc) is 2.90. The number of nitrogens with two attached hydrogens (primary N) is 1. The van der Waals surface area contributed by atoms with E-state index in [4.69, 9.17) is 5.73 Å². The fraction of sp³-hybridized carbons (Fsp3) is 0.286. The Bertz CT molecular complexity index is 675. The van der Waals surface area contributed by atoms with Crippen LogP contribution in [0.2, 0.25) is 0 Å². The Morgan fingerprint density at radius 2 is 1.85 bits per heavy atom. The molecule has 2 rings (SSSR count). The maximum atomic E-state index is 12.4. The molecule has 0 radical (unpaired) electrons. The SMILES string of the molecule is Cc1ccc(CN(C)S(=O)(=O)c2cc(CN)cs2)cc1. The van der Waals surface area contributed by atoms with E-state index < -0.39 is 10.0 Å². The van der Waals surface area contributed by atoms with Crippen LogP contribution < -0.4 is 5.73 Å². The van der Waals surface area contributed by atoms with E-state index in [1.807, 2.05) is 31.2 Å². The van der Waals surface area contributed by atoms with E-state index in [0.717, 1.165) is 16.7 Å². The first kappa shape index (κ1) is 15.2. The normalized spacial score (nSPS) is 12.0. The Morgan fingerprint density at radius 3 is 2.40 bits per heavy atom. The van der Waals surface area contributed by atoms with E-state index >= 15 is 0 Å². The number of thiophene rings is 1. The summed E-state index contributed by atoms with van der Waals surface area (Å²) in [7, 11) is -1.85. The number of benzene rings is 1. The molecule has 0 atom stereocenters. The topological polar surface area (TPSA) is 63.4 Å². The number of sulfonamides is 1. The summed E-state index contributed by atoms with van der Waals surface area (Å²) < 4.78 is 26.6. The van der Waals surface area contributed by atoms with Crippen LogP contribution in [0.15, 0.2) is 39.9 Å². The van der Waals surface area contributed by atoms with Crippen LogP contribution in [0.25, 0.3) is 0 Å². The van der Waals surface area contributed by atoms with Crippen molar-refractivity contribution in [2.45, 2.75) is 24.2 Å². The highest BCUT2D eigenvalue weighted by Crippen LogP contribution is 2.24. The second-order valence-corrected chi connectivity index (χ2v) is 7.91. The van der Waals surface area contributed by atoms with Gasteiger partial charge in [0.25, 0.3) is 10.0 Å². The van der Waals surface area contributed by atoms with Gasteiger partial charge in [-0.3, -0.25) is 0 Å². The maximum Gasteiger partial charge on any atom is 0.252 e. The molecule has 1 aromatic heterocycles. The van der Waals surface area contributed by atoms with E-state index in [1.54, 1.807) is 18.5 Å². The van der Waals surface area contributed by atoms with Gasteiger partial charge in [0.1, 0.15) is 4.21 Å². The van der Waals surface area contributed by atoms with Crippen LogP contribution >= 0.6 is 11.3 Å². The van der Waals surface area contributed by atoms with Crippen molar-refractivity contribution < 1.29 is 8.42 Å². The van der Waals surface area contributed by atoms with Crippen LogP contribution in [0.5, 0.6) is 0 Å². The van der Waals surface area contributed by atoms with Crippen molar-refractivity contribution in [2.75, 3.05) is 7.05 Å². The molecule has 0 saturated heterocycles. The minimum Gasteiger partial charge on any atom is -0.326 e. The summed E-state index contributed by atoms with van der Waals surface area (Å²) in [5.41, 5.74) is 8.49. The van der Waals surface area contributed by atoms with Gasteiger partial charge in [-0.25, -0.2) is 8.42 Å². The molecular formula is C14H18N2O2S2. The third-order valence-electron chi connectivity index (χ3n) is 3.06. The first-order chi connectivity index (χ1) is 9.43. The van der Waals surface area contributed by atoms with Gasteiger partial charge in [0.05, 0.1) is 0 Å². The number of aryl methyl sites for hydroxylation is 1. The third-order valence-corrected chi connectivity index (χ3v) is 6.32. The van der Waals surface area contributed by atoms with Crippen LogP contribution in [0, 0.1) is 6.92 Å². The highest BCUT2D eigenvalue weighted by atomic mass is 32.2. The molecule has 1 aromatic carbocycles. The Balaban J connectivity index is 2.18. The molecule has 2 N–H and O–H groups in total. The van der Waals surface area contributed by atoms with Gasteiger partial charge < -0.3 is 5.73 Å². The number of hydrogen-bond donors (Lipinski definition) is 1. The third kappa shape index (κ3) is 3.27. The van der Waals surface area contributed by atoms with E-state index in [2.05, 4.69) is 0 Å². The standard InChI is InChI=1S/C14H18N2O2S2/c1-11-3-5-12(6-4-11)9-16(2)20(17,18)14-7-13(8-15)10-19-14/h3-7,10H,8-9,15H2,1-2H3. The minimum absolute atomic E-state index is 0.340. The lowest BCUT2D eigenvalue weighted by Crippen LogP contribution is -2.25. The van der Waals surface area contributed by atoms with Gasteiger partial charge in [0, 0.05) is 20.1 Å². The molecule has 0 bridgehead atoms. The van der Waals surface area contributed by atoms with E-state index in [0.29, 0.717) is 17.3 Å². The number of rotatable bonds is 5. The second kappa shape index (κ2) is 6.05. The summed E-state index contributed by atoms with van der Waals surface area (Å²) in [4.78, 5) is 0. The fourth-order valence-electron chi connectivity index (χ4n) is 1.78. The zero-order chi connectivity index (χ0) is 14.8. The summed E-state index contributed by atoms with van der Waals surface area (Å²) in [5, 5.41) is 1.78. The van der Waals surface area contributed by atoms with Gasteiger partial charge in [-0.15, -0.1) is 11.3 Å². The molecule has 0 unspecified atom stereocenters. The van der Waals surface area contributed by atoms with Crippen molar-refractivity contribution in [2.24, 2.45) is 5.73 Å². The molecule has 0 aliphatic heterocycles. The smallest absolute Gasteiger partial charge is 0.252 e. The Morgan fingerprint density at radius 1 is 1.20 bits per heavy atom. The van der Waals surface area contributed by atoms with E-state index in [-0.39, 0.29) is 0 Å². The Labute approximate surface area is 123 Å². The van der Waals surface area contributed by atoms with Gasteiger partial charge in [-0.05, 0) is 29.5 Å². The molecule has 2 aromatic rings. The van der Waals surface area contributed by atoms with Crippen LogP contribution in [0.1, 0.15) is 16.7 Å². The van der Waals surface area contributed by atoms with Crippen LogP contribution in [0.4, 0.5) is 0 Å². The quantitative estimate of drug-likeness (QED) is 0.922. The lowest BCUT2D eigenvalue weighted by Gasteiger charge is -2.16. The van der Waals surface area contributed by atoms with Crippen molar-refractivity contribution in [3.8, 4) is 0 Å².